The second-order valence-corrected chi connectivity index (χ2v) is 10.3. The fourth-order valence-corrected chi connectivity index (χ4v) is 5.60. The average Bonchev–Trinajstić information content (AvgIpc) is 3.21. The van der Waals surface area contributed by atoms with Crippen molar-refractivity contribution in [2.75, 3.05) is 11.1 Å². The third kappa shape index (κ3) is 3.27. The fourth-order valence-electron chi connectivity index (χ4n) is 5.22. The largest absolute Gasteiger partial charge is 0.444 e. The SMILES string of the molecule is CC(C)(C)OC(=O)N1[C@H](C(=O)Nc2ccc(Br)cc2N)C[C@@H]2CCC[C@@H]3CC321. The van der Waals surface area contributed by atoms with E-state index >= 15 is 0 Å². The van der Waals surface area contributed by atoms with Gasteiger partial charge in [-0.05, 0) is 76.5 Å². The number of hydrogen-bond donors (Lipinski definition) is 2. The highest BCUT2D eigenvalue weighted by Gasteiger charge is 2.71. The van der Waals surface area contributed by atoms with Crippen molar-refractivity contribution in [3.63, 3.8) is 0 Å². The zero-order valence-electron chi connectivity index (χ0n) is 16.6. The van der Waals surface area contributed by atoms with E-state index in [1.54, 1.807) is 17.0 Å². The molecule has 2 saturated carbocycles. The number of nitrogens with two attached hydrogens (primary N) is 1. The smallest absolute Gasteiger partial charge is 0.411 e. The minimum atomic E-state index is -0.595. The number of benzene rings is 1. The molecule has 2 amide bonds. The molecule has 6 nitrogen and oxygen atoms in total. The molecule has 1 aromatic carbocycles. The van der Waals surface area contributed by atoms with Gasteiger partial charge in [0, 0.05) is 4.47 Å². The predicted octanol–water partition coefficient (Wildman–Crippen LogP) is 4.54. The van der Waals surface area contributed by atoms with Crippen LogP contribution in [0, 0.1) is 11.8 Å². The molecule has 1 aromatic rings. The summed E-state index contributed by atoms with van der Waals surface area (Å²) < 4.78 is 6.56. The monoisotopic (exact) mass is 449 g/mol. The molecule has 0 bridgehead atoms. The highest BCUT2D eigenvalue weighted by atomic mass is 79.9. The molecule has 4 rings (SSSR count). The Balaban J connectivity index is 1.60. The Kier molecular flexibility index (Phi) is 4.64. The third-order valence-electron chi connectivity index (χ3n) is 6.36. The number of halogens is 1. The molecule has 0 radical (unpaired) electrons. The van der Waals surface area contributed by atoms with Crippen LogP contribution in [0.25, 0.3) is 0 Å². The van der Waals surface area contributed by atoms with Gasteiger partial charge in [0.05, 0.1) is 16.9 Å². The highest BCUT2D eigenvalue weighted by Crippen LogP contribution is 2.65. The van der Waals surface area contributed by atoms with Crippen molar-refractivity contribution in [2.24, 2.45) is 11.8 Å². The quantitative estimate of drug-likeness (QED) is 0.648. The Morgan fingerprint density at radius 2 is 2.00 bits per heavy atom. The van der Waals surface area contributed by atoms with Gasteiger partial charge in [-0.2, -0.15) is 0 Å². The van der Waals surface area contributed by atoms with Crippen molar-refractivity contribution in [2.45, 2.75) is 70.1 Å². The lowest BCUT2D eigenvalue weighted by Crippen LogP contribution is -2.51. The van der Waals surface area contributed by atoms with E-state index in [0.717, 1.165) is 23.7 Å². The first-order valence-electron chi connectivity index (χ1n) is 10.00. The molecule has 1 heterocycles. The van der Waals surface area contributed by atoms with E-state index in [1.807, 2.05) is 26.8 Å². The molecule has 1 aliphatic heterocycles. The molecule has 3 N–H and O–H groups in total. The highest BCUT2D eigenvalue weighted by molar-refractivity contribution is 9.10. The molecular formula is C21H28BrN3O3. The van der Waals surface area contributed by atoms with Gasteiger partial charge in [0.2, 0.25) is 5.91 Å². The maximum atomic E-state index is 13.2. The number of nitrogens with one attached hydrogen (secondary N) is 1. The summed E-state index contributed by atoms with van der Waals surface area (Å²) in [6, 6.07) is 4.84. The Hall–Kier alpha value is -1.76. The first-order valence-corrected chi connectivity index (χ1v) is 10.8. The molecule has 3 aliphatic rings. The number of amides is 2. The van der Waals surface area contributed by atoms with Gasteiger partial charge in [-0.15, -0.1) is 0 Å². The van der Waals surface area contributed by atoms with Crippen molar-refractivity contribution in [3.8, 4) is 0 Å². The summed E-state index contributed by atoms with van der Waals surface area (Å²) in [7, 11) is 0. The second-order valence-electron chi connectivity index (χ2n) is 9.34. The number of rotatable bonds is 2. The minimum absolute atomic E-state index is 0.186. The summed E-state index contributed by atoms with van der Waals surface area (Å²) in [4.78, 5) is 28.1. The molecule has 1 unspecified atom stereocenters. The fraction of sp³-hybridized carbons (Fsp3) is 0.619. The summed E-state index contributed by atoms with van der Waals surface area (Å²) in [5, 5.41) is 2.94. The van der Waals surface area contributed by atoms with Gasteiger partial charge >= 0.3 is 6.09 Å². The van der Waals surface area contributed by atoms with E-state index in [0.29, 0.717) is 29.6 Å². The Morgan fingerprint density at radius 3 is 2.68 bits per heavy atom. The Morgan fingerprint density at radius 1 is 1.29 bits per heavy atom. The molecule has 1 saturated heterocycles. The van der Waals surface area contributed by atoms with Crippen LogP contribution in [0.3, 0.4) is 0 Å². The predicted molar refractivity (Wildman–Crippen MR) is 112 cm³/mol. The number of nitrogens with zero attached hydrogens (tertiary/aromatic N) is 1. The number of hydrogen-bond acceptors (Lipinski definition) is 4. The summed E-state index contributed by atoms with van der Waals surface area (Å²) >= 11 is 3.38. The van der Waals surface area contributed by atoms with Crippen LogP contribution in [0.2, 0.25) is 0 Å². The molecular weight excluding hydrogens is 422 g/mol. The van der Waals surface area contributed by atoms with E-state index in [4.69, 9.17) is 10.5 Å². The lowest BCUT2D eigenvalue weighted by molar-refractivity contribution is -0.121. The van der Waals surface area contributed by atoms with Crippen molar-refractivity contribution in [1.29, 1.82) is 0 Å². The van der Waals surface area contributed by atoms with Crippen LogP contribution in [0.5, 0.6) is 0 Å². The van der Waals surface area contributed by atoms with E-state index in [9.17, 15) is 9.59 Å². The van der Waals surface area contributed by atoms with E-state index in [1.165, 1.54) is 6.42 Å². The second kappa shape index (κ2) is 6.65. The molecule has 2 aliphatic carbocycles. The van der Waals surface area contributed by atoms with Crippen LogP contribution >= 0.6 is 15.9 Å². The zero-order chi connectivity index (χ0) is 20.3. The Labute approximate surface area is 174 Å². The number of nitrogen functional groups attached to an aromatic ring is 1. The number of carbonyl (C=O) groups excluding carboxylic acids is 2. The van der Waals surface area contributed by atoms with Crippen LogP contribution in [0.15, 0.2) is 22.7 Å². The summed E-state index contributed by atoms with van der Waals surface area (Å²) in [6.45, 7) is 5.58. The molecule has 3 fully saturated rings. The lowest BCUT2D eigenvalue weighted by Gasteiger charge is -2.35. The normalized spacial score (nSPS) is 31.0. The topological polar surface area (TPSA) is 84.7 Å². The number of anilines is 2. The molecule has 1 spiro atoms. The van der Waals surface area contributed by atoms with Crippen LogP contribution in [-0.4, -0.2) is 34.1 Å². The van der Waals surface area contributed by atoms with Crippen molar-refractivity contribution in [1.82, 2.24) is 4.90 Å². The van der Waals surface area contributed by atoms with Crippen molar-refractivity contribution < 1.29 is 14.3 Å². The standard InChI is InChI=1S/C21H28BrN3O3/c1-20(2,3)28-19(27)25-17(9-12-5-4-6-13-11-21(12,13)25)18(26)24-16-8-7-14(22)10-15(16)23/h7-8,10,12-13,17H,4-6,9,11,23H2,1-3H3,(H,24,26)/t12-,13+,17-,21?/m0/s1. The third-order valence-corrected chi connectivity index (χ3v) is 6.86. The molecule has 7 heteroatoms. The number of ether oxygens (including phenoxy) is 1. The lowest BCUT2D eigenvalue weighted by atomic mass is 9.84. The number of carbonyl (C=O) groups is 2. The summed E-state index contributed by atoms with van der Waals surface area (Å²) in [6.07, 6.45) is 4.68. The first kappa shape index (κ1) is 19.6. The first-order chi connectivity index (χ1) is 13.1. The van der Waals surface area contributed by atoms with Gasteiger partial charge in [-0.3, -0.25) is 9.69 Å². The average molecular weight is 450 g/mol. The summed E-state index contributed by atoms with van der Waals surface area (Å²) in [5.74, 6) is 0.681. The van der Waals surface area contributed by atoms with Gasteiger partial charge in [0.1, 0.15) is 11.6 Å². The van der Waals surface area contributed by atoms with Crippen molar-refractivity contribution in [3.05, 3.63) is 22.7 Å². The number of likely N-dealkylation sites (tertiary alicyclic amines) is 1. The Bertz CT molecular complexity index is 822. The summed E-state index contributed by atoms with van der Waals surface area (Å²) in [5.41, 5.74) is 6.32. The molecule has 28 heavy (non-hydrogen) atoms. The minimum Gasteiger partial charge on any atom is -0.444 e. The van der Waals surface area contributed by atoms with Gasteiger partial charge < -0.3 is 15.8 Å². The van der Waals surface area contributed by atoms with Gasteiger partial charge in [-0.25, -0.2) is 4.79 Å². The molecule has 0 aromatic heterocycles. The van der Waals surface area contributed by atoms with Gasteiger partial charge in [0.15, 0.2) is 0 Å². The van der Waals surface area contributed by atoms with Gasteiger partial charge in [0.25, 0.3) is 0 Å². The van der Waals surface area contributed by atoms with Crippen LogP contribution in [0.1, 0.15) is 52.9 Å². The maximum Gasteiger partial charge on any atom is 0.411 e. The van der Waals surface area contributed by atoms with Crippen LogP contribution in [-0.2, 0) is 9.53 Å². The van der Waals surface area contributed by atoms with Gasteiger partial charge in [-0.1, -0.05) is 22.4 Å². The maximum absolute atomic E-state index is 13.2. The van der Waals surface area contributed by atoms with E-state index < -0.39 is 11.6 Å². The van der Waals surface area contributed by atoms with Crippen molar-refractivity contribution >= 4 is 39.3 Å². The zero-order valence-corrected chi connectivity index (χ0v) is 18.2. The van der Waals surface area contributed by atoms with Crippen LogP contribution in [0.4, 0.5) is 16.2 Å². The van der Waals surface area contributed by atoms with E-state index in [2.05, 4.69) is 21.2 Å². The van der Waals surface area contributed by atoms with E-state index in [-0.39, 0.29) is 17.5 Å². The molecule has 152 valence electrons. The molecule has 4 atom stereocenters. The van der Waals surface area contributed by atoms with Crippen LogP contribution < -0.4 is 11.1 Å².